The molecule has 0 saturated carbocycles. The van der Waals surface area contributed by atoms with Crippen LogP contribution in [0.15, 0.2) is 6.20 Å². The van der Waals surface area contributed by atoms with Gasteiger partial charge < -0.3 is 15.4 Å². The summed E-state index contributed by atoms with van der Waals surface area (Å²) in [6.07, 6.45) is 1.43. The number of rotatable bonds is 4. The number of hydrogen-bond acceptors (Lipinski definition) is 5. The van der Waals surface area contributed by atoms with Gasteiger partial charge in [0.15, 0.2) is 0 Å². The first-order chi connectivity index (χ1) is 6.59. The third kappa shape index (κ3) is 3.35. The van der Waals surface area contributed by atoms with Gasteiger partial charge in [-0.25, -0.2) is 4.98 Å². The molecule has 1 aromatic rings. The number of anilines is 1. The van der Waals surface area contributed by atoms with E-state index in [1.54, 1.807) is 0 Å². The standard InChI is InChI=1S/C8H13ClN4O/c1-13(2)3-4-14-7-6(9)5-11-8(10)12-7/h5H,3-4H2,1-2H3,(H2,10,11,12). The van der Waals surface area contributed by atoms with Crippen molar-refractivity contribution in [3.05, 3.63) is 11.2 Å². The zero-order chi connectivity index (χ0) is 10.6. The average molecular weight is 217 g/mol. The van der Waals surface area contributed by atoms with Crippen LogP contribution in [-0.4, -0.2) is 42.1 Å². The molecule has 0 radical (unpaired) electrons. The van der Waals surface area contributed by atoms with Crippen LogP contribution in [0, 0.1) is 0 Å². The first-order valence-electron chi connectivity index (χ1n) is 4.15. The third-order valence-corrected chi connectivity index (χ3v) is 1.77. The monoisotopic (exact) mass is 216 g/mol. The van der Waals surface area contributed by atoms with E-state index in [0.29, 0.717) is 17.5 Å². The van der Waals surface area contributed by atoms with E-state index >= 15 is 0 Å². The highest BCUT2D eigenvalue weighted by atomic mass is 35.5. The van der Waals surface area contributed by atoms with Gasteiger partial charge in [-0.1, -0.05) is 11.6 Å². The summed E-state index contributed by atoms with van der Waals surface area (Å²) in [5, 5.41) is 0.373. The Morgan fingerprint density at radius 2 is 2.29 bits per heavy atom. The van der Waals surface area contributed by atoms with Crippen molar-refractivity contribution in [2.75, 3.05) is 33.0 Å². The van der Waals surface area contributed by atoms with Crippen molar-refractivity contribution in [1.29, 1.82) is 0 Å². The number of nitrogens with two attached hydrogens (primary N) is 1. The third-order valence-electron chi connectivity index (χ3n) is 1.51. The van der Waals surface area contributed by atoms with Crippen LogP contribution < -0.4 is 10.5 Å². The highest BCUT2D eigenvalue weighted by molar-refractivity contribution is 6.31. The number of likely N-dealkylation sites (N-methyl/N-ethyl adjacent to an activating group) is 1. The molecule has 1 aromatic heterocycles. The molecule has 0 spiro atoms. The predicted octanol–water partition coefficient (Wildman–Crippen LogP) is 0.653. The van der Waals surface area contributed by atoms with Crippen LogP contribution >= 0.6 is 11.6 Å². The van der Waals surface area contributed by atoms with Gasteiger partial charge in [0.2, 0.25) is 11.8 Å². The molecular weight excluding hydrogens is 204 g/mol. The molecule has 0 amide bonds. The first-order valence-corrected chi connectivity index (χ1v) is 4.53. The predicted molar refractivity (Wildman–Crippen MR) is 55.5 cm³/mol. The minimum Gasteiger partial charge on any atom is -0.475 e. The van der Waals surface area contributed by atoms with Gasteiger partial charge >= 0.3 is 0 Å². The molecule has 1 rings (SSSR count). The molecule has 0 saturated heterocycles. The van der Waals surface area contributed by atoms with E-state index in [1.165, 1.54) is 6.20 Å². The fraction of sp³-hybridized carbons (Fsp3) is 0.500. The Kier molecular flexibility index (Phi) is 3.91. The van der Waals surface area contributed by atoms with E-state index in [2.05, 4.69) is 9.97 Å². The molecule has 0 aliphatic rings. The number of hydrogen-bond donors (Lipinski definition) is 1. The number of nitrogens with zero attached hydrogens (tertiary/aromatic N) is 3. The van der Waals surface area contributed by atoms with E-state index in [9.17, 15) is 0 Å². The fourth-order valence-electron chi connectivity index (χ4n) is 0.790. The van der Waals surface area contributed by atoms with Crippen molar-refractivity contribution >= 4 is 17.5 Å². The van der Waals surface area contributed by atoms with Crippen molar-refractivity contribution in [3.8, 4) is 5.88 Å². The number of aromatic nitrogens is 2. The van der Waals surface area contributed by atoms with Crippen molar-refractivity contribution in [1.82, 2.24) is 14.9 Å². The van der Waals surface area contributed by atoms with E-state index in [4.69, 9.17) is 22.1 Å². The second-order valence-electron chi connectivity index (χ2n) is 3.03. The number of halogens is 1. The summed E-state index contributed by atoms with van der Waals surface area (Å²) in [6.45, 7) is 1.31. The molecular formula is C8H13ClN4O. The molecule has 14 heavy (non-hydrogen) atoms. The van der Waals surface area contributed by atoms with Crippen molar-refractivity contribution in [2.45, 2.75) is 0 Å². The molecule has 0 aliphatic heterocycles. The zero-order valence-electron chi connectivity index (χ0n) is 8.20. The van der Waals surface area contributed by atoms with Crippen LogP contribution in [0.2, 0.25) is 5.02 Å². The van der Waals surface area contributed by atoms with Gasteiger partial charge in [-0.15, -0.1) is 0 Å². The Hall–Kier alpha value is -1.07. The molecule has 0 atom stereocenters. The van der Waals surface area contributed by atoms with Crippen molar-refractivity contribution in [3.63, 3.8) is 0 Å². The van der Waals surface area contributed by atoms with Gasteiger partial charge in [0.1, 0.15) is 11.6 Å². The Balaban J connectivity index is 2.53. The van der Waals surface area contributed by atoms with Gasteiger partial charge in [-0.3, -0.25) is 0 Å². The number of ether oxygens (including phenoxy) is 1. The second-order valence-corrected chi connectivity index (χ2v) is 3.44. The zero-order valence-corrected chi connectivity index (χ0v) is 8.95. The maximum atomic E-state index is 5.79. The lowest BCUT2D eigenvalue weighted by Gasteiger charge is -2.10. The fourth-order valence-corrected chi connectivity index (χ4v) is 0.936. The Morgan fingerprint density at radius 3 is 2.93 bits per heavy atom. The molecule has 0 aromatic carbocycles. The van der Waals surface area contributed by atoms with Gasteiger partial charge in [-0.2, -0.15) is 4.98 Å². The first kappa shape index (κ1) is 11.0. The molecule has 5 nitrogen and oxygen atoms in total. The smallest absolute Gasteiger partial charge is 0.237 e. The summed E-state index contributed by atoms with van der Waals surface area (Å²) >= 11 is 5.79. The minimum absolute atomic E-state index is 0.161. The molecule has 0 bridgehead atoms. The lowest BCUT2D eigenvalue weighted by molar-refractivity contribution is 0.254. The van der Waals surface area contributed by atoms with Crippen molar-refractivity contribution < 1.29 is 4.74 Å². The Morgan fingerprint density at radius 1 is 1.57 bits per heavy atom. The van der Waals surface area contributed by atoms with Gasteiger partial charge in [0.05, 0.1) is 6.20 Å². The molecule has 1 heterocycles. The Bertz CT molecular complexity index is 305. The van der Waals surface area contributed by atoms with E-state index in [1.807, 2.05) is 19.0 Å². The lowest BCUT2D eigenvalue weighted by Crippen LogP contribution is -2.19. The van der Waals surface area contributed by atoms with E-state index < -0.39 is 0 Å². The summed E-state index contributed by atoms with van der Waals surface area (Å²) in [6, 6.07) is 0. The SMILES string of the molecule is CN(C)CCOc1nc(N)ncc1Cl. The molecule has 0 aliphatic carbocycles. The quantitative estimate of drug-likeness (QED) is 0.801. The van der Waals surface area contributed by atoms with Crippen LogP contribution in [0.1, 0.15) is 0 Å². The summed E-state index contributed by atoms with van der Waals surface area (Å²) in [4.78, 5) is 9.59. The minimum atomic E-state index is 0.161. The maximum Gasteiger partial charge on any atom is 0.237 e. The molecule has 0 unspecified atom stereocenters. The Labute approximate surface area is 87.8 Å². The van der Waals surface area contributed by atoms with E-state index in [-0.39, 0.29) is 5.95 Å². The molecule has 0 fully saturated rings. The highest BCUT2D eigenvalue weighted by Crippen LogP contribution is 2.20. The van der Waals surface area contributed by atoms with Gasteiger partial charge in [0.25, 0.3) is 0 Å². The van der Waals surface area contributed by atoms with Crippen LogP contribution in [-0.2, 0) is 0 Å². The van der Waals surface area contributed by atoms with E-state index in [0.717, 1.165) is 6.54 Å². The van der Waals surface area contributed by atoms with Crippen LogP contribution in [0.25, 0.3) is 0 Å². The normalized spacial score (nSPS) is 10.6. The van der Waals surface area contributed by atoms with Crippen LogP contribution in [0.4, 0.5) is 5.95 Å². The summed E-state index contributed by atoms with van der Waals surface area (Å²) < 4.78 is 5.32. The largest absolute Gasteiger partial charge is 0.475 e. The summed E-state index contributed by atoms with van der Waals surface area (Å²) in [5.74, 6) is 0.496. The molecule has 78 valence electrons. The van der Waals surface area contributed by atoms with Crippen LogP contribution in [0.5, 0.6) is 5.88 Å². The van der Waals surface area contributed by atoms with Gasteiger partial charge in [-0.05, 0) is 14.1 Å². The topological polar surface area (TPSA) is 64.3 Å². The highest BCUT2D eigenvalue weighted by Gasteiger charge is 2.04. The second kappa shape index (κ2) is 4.97. The molecule has 2 N–H and O–H groups in total. The maximum absolute atomic E-state index is 5.79. The van der Waals surface area contributed by atoms with Crippen molar-refractivity contribution in [2.24, 2.45) is 0 Å². The van der Waals surface area contributed by atoms with Gasteiger partial charge in [0, 0.05) is 6.54 Å². The molecule has 6 heteroatoms. The summed E-state index contributed by atoms with van der Waals surface area (Å²) in [7, 11) is 3.92. The lowest BCUT2D eigenvalue weighted by atomic mass is 10.6. The summed E-state index contributed by atoms with van der Waals surface area (Å²) in [5.41, 5.74) is 5.39. The number of nitrogen functional groups attached to an aromatic ring is 1. The van der Waals surface area contributed by atoms with Crippen LogP contribution in [0.3, 0.4) is 0 Å². The average Bonchev–Trinajstić information content (AvgIpc) is 2.10.